The SMILES string of the molecule is CCC1=NC2=NC=NC2=N1. The van der Waals surface area contributed by atoms with E-state index in [1.807, 2.05) is 6.92 Å². The molecular weight excluding hydrogens is 128 g/mol. The molecule has 0 spiro atoms. The van der Waals surface area contributed by atoms with Gasteiger partial charge in [0.25, 0.3) is 0 Å². The molecule has 50 valence electrons. The Bertz CT molecular complexity index is 282. The fourth-order valence-corrected chi connectivity index (χ4v) is 0.839. The zero-order valence-corrected chi connectivity index (χ0v) is 5.57. The zero-order chi connectivity index (χ0) is 6.97. The standard InChI is InChI=1S/C6H6N4/c1-2-4-9-5-6(10-4)8-3-7-5/h3H,2H2,1H3. The Morgan fingerprint density at radius 1 is 1.30 bits per heavy atom. The minimum absolute atomic E-state index is 0.664. The summed E-state index contributed by atoms with van der Waals surface area (Å²) in [4.78, 5) is 16.0. The fraction of sp³-hybridized carbons (Fsp3) is 0.333. The van der Waals surface area contributed by atoms with Crippen LogP contribution in [0.25, 0.3) is 0 Å². The van der Waals surface area contributed by atoms with Gasteiger partial charge in [-0.25, -0.2) is 20.0 Å². The average Bonchev–Trinajstić information content (AvgIpc) is 2.42. The van der Waals surface area contributed by atoms with Crippen molar-refractivity contribution in [2.24, 2.45) is 20.0 Å². The molecule has 4 nitrogen and oxygen atoms in total. The third kappa shape index (κ3) is 0.618. The van der Waals surface area contributed by atoms with E-state index in [1.165, 1.54) is 6.34 Å². The Balaban J connectivity index is 2.38. The normalized spacial score (nSPS) is 20.3. The average molecular weight is 134 g/mol. The van der Waals surface area contributed by atoms with Gasteiger partial charge in [-0.05, 0) is 0 Å². The van der Waals surface area contributed by atoms with Gasteiger partial charge in [0.2, 0.25) is 11.7 Å². The third-order valence-electron chi connectivity index (χ3n) is 1.35. The van der Waals surface area contributed by atoms with Crippen molar-refractivity contribution >= 4 is 23.8 Å². The highest BCUT2D eigenvalue weighted by Gasteiger charge is 2.17. The quantitative estimate of drug-likeness (QED) is 0.505. The molecule has 2 rings (SSSR count). The van der Waals surface area contributed by atoms with Crippen LogP contribution in [0.5, 0.6) is 0 Å². The molecule has 0 atom stereocenters. The van der Waals surface area contributed by atoms with Gasteiger partial charge in [0, 0.05) is 6.42 Å². The van der Waals surface area contributed by atoms with Crippen molar-refractivity contribution in [3.8, 4) is 0 Å². The number of amidine groups is 3. The highest BCUT2D eigenvalue weighted by Crippen LogP contribution is 2.06. The highest BCUT2D eigenvalue weighted by atomic mass is 15.2. The smallest absolute Gasteiger partial charge is 0.201 e. The van der Waals surface area contributed by atoms with E-state index in [0.717, 1.165) is 12.3 Å². The zero-order valence-electron chi connectivity index (χ0n) is 5.57. The molecule has 0 saturated heterocycles. The summed E-state index contributed by atoms with van der Waals surface area (Å²) in [5.74, 6) is 2.15. The lowest BCUT2D eigenvalue weighted by atomic mass is 10.5. The molecule has 0 unspecified atom stereocenters. The molecule has 0 aliphatic carbocycles. The highest BCUT2D eigenvalue weighted by molar-refractivity contribution is 6.50. The summed E-state index contributed by atoms with van der Waals surface area (Å²) in [6.07, 6.45) is 2.32. The Kier molecular flexibility index (Phi) is 1.00. The van der Waals surface area contributed by atoms with Gasteiger partial charge in [0.1, 0.15) is 12.2 Å². The van der Waals surface area contributed by atoms with Crippen molar-refractivity contribution in [2.75, 3.05) is 0 Å². The maximum atomic E-state index is 4.11. The van der Waals surface area contributed by atoms with E-state index in [2.05, 4.69) is 20.0 Å². The van der Waals surface area contributed by atoms with E-state index in [0.29, 0.717) is 11.7 Å². The molecule has 0 saturated carbocycles. The summed E-state index contributed by atoms with van der Waals surface area (Å²) in [5.41, 5.74) is 0. The van der Waals surface area contributed by atoms with Gasteiger partial charge in [-0.15, -0.1) is 0 Å². The van der Waals surface area contributed by atoms with Crippen LogP contribution in [0.3, 0.4) is 0 Å². The van der Waals surface area contributed by atoms with Gasteiger partial charge in [0.15, 0.2) is 0 Å². The van der Waals surface area contributed by atoms with Crippen LogP contribution in [0.4, 0.5) is 0 Å². The monoisotopic (exact) mass is 134 g/mol. The second-order valence-corrected chi connectivity index (χ2v) is 2.01. The van der Waals surface area contributed by atoms with Crippen LogP contribution in [0.1, 0.15) is 13.3 Å². The number of nitrogens with zero attached hydrogens (tertiary/aromatic N) is 4. The predicted molar refractivity (Wildman–Crippen MR) is 41.1 cm³/mol. The van der Waals surface area contributed by atoms with Gasteiger partial charge in [-0.1, -0.05) is 6.92 Å². The van der Waals surface area contributed by atoms with E-state index in [-0.39, 0.29) is 0 Å². The molecule has 2 aliphatic rings. The van der Waals surface area contributed by atoms with Crippen LogP contribution < -0.4 is 0 Å². The number of rotatable bonds is 1. The van der Waals surface area contributed by atoms with Crippen molar-refractivity contribution in [1.82, 2.24) is 0 Å². The van der Waals surface area contributed by atoms with Crippen LogP contribution in [-0.4, -0.2) is 23.8 Å². The van der Waals surface area contributed by atoms with Crippen LogP contribution in [0.2, 0.25) is 0 Å². The molecule has 0 N–H and O–H groups in total. The van der Waals surface area contributed by atoms with Crippen LogP contribution >= 0.6 is 0 Å². The summed E-state index contributed by atoms with van der Waals surface area (Å²) in [5, 5.41) is 0. The molecule has 2 aliphatic heterocycles. The number of hydrogen-bond acceptors (Lipinski definition) is 4. The van der Waals surface area contributed by atoms with Crippen LogP contribution in [0.15, 0.2) is 20.0 Å². The van der Waals surface area contributed by atoms with Gasteiger partial charge in [0.05, 0.1) is 0 Å². The summed E-state index contributed by atoms with van der Waals surface area (Å²) < 4.78 is 0. The molecule has 4 heteroatoms. The second kappa shape index (κ2) is 1.83. The molecule has 0 fully saturated rings. The summed E-state index contributed by atoms with van der Waals surface area (Å²) in [7, 11) is 0. The van der Waals surface area contributed by atoms with E-state index in [4.69, 9.17) is 0 Å². The summed E-state index contributed by atoms with van der Waals surface area (Å²) in [6.45, 7) is 2.01. The first kappa shape index (κ1) is 5.46. The van der Waals surface area contributed by atoms with Crippen molar-refractivity contribution in [3.05, 3.63) is 0 Å². The van der Waals surface area contributed by atoms with Gasteiger partial charge >= 0.3 is 0 Å². The first-order valence-electron chi connectivity index (χ1n) is 3.17. The van der Waals surface area contributed by atoms with E-state index in [9.17, 15) is 0 Å². The molecule has 0 radical (unpaired) electrons. The minimum atomic E-state index is 0.664. The largest absolute Gasteiger partial charge is 0.213 e. The molecule has 2 heterocycles. The van der Waals surface area contributed by atoms with Gasteiger partial charge < -0.3 is 0 Å². The molecular formula is C6H6N4. The van der Waals surface area contributed by atoms with Crippen molar-refractivity contribution < 1.29 is 0 Å². The number of hydrogen-bond donors (Lipinski definition) is 0. The Labute approximate surface area is 58.1 Å². The summed E-state index contributed by atoms with van der Waals surface area (Å²) >= 11 is 0. The van der Waals surface area contributed by atoms with E-state index < -0.39 is 0 Å². The van der Waals surface area contributed by atoms with Gasteiger partial charge in [-0.2, -0.15) is 0 Å². The second-order valence-electron chi connectivity index (χ2n) is 2.01. The van der Waals surface area contributed by atoms with Crippen LogP contribution in [0, 0.1) is 0 Å². The van der Waals surface area contributed by atoms with E-state index >= 15 is 0 Å². The van der Waals surface area contributed by atoms with Crippen molar-refractivity contribution in [2.45, 2.75) is 13.3 Å². The molecule has 0 aromatic carbocycles. The third-order valence-corrected chi connectivity index (χ3v) is 1.35. The first-order chi connectivity index (χ1) is 4.90. The van der Waals surface area contributed by atoms with Crippen molar-refractivity contribution in [1.29, 1.82) is 0 Å². The lowest BCUT2D eigenvalue weighted by Gasteiger charge is -1.82. The fourth-order valence-electron chi connectivity index (χ4n) is 0.839. The van der Waals surface area contributed by atoms with Crippen molar-refractivity contribution in [3.63, 3.8) is 0 Å². The Hall–Kier alpha value is -1.32. The first-order valence-corrected chi connectivity index (χ1v) is 3.17. The topological polar surface area (TPSA) is 49.4 Å². The molecule has 0 aromatic rings. The number of fused-ring (bicyclic) bond motifs is 1. The lowest BCUT2D eigenvalue weighted by Crippen LogP contribution is -1.97. The van der Waals surface area contributed by atoms with E-state index in [1.54, 1.807) is 0 Å². The Morgan fingerprint density at radius 2 is 2.20 bits per heavy atom. The molecule has 10 heavy (non-hydrogen) atoms. The maximum absolute atomic E-state index is 4.11. The molecule has 0 bridgehead atoms. The number of aliphatic imine (C=N–C) groups is 4. The lowest BCUT2D eigenvalue weighted by molar-refractivity contribution is 1.26. The Morgan fingerprint density at radius 3 is 2.90 bits per heavy atom. The molecule has 0 amide bonds. The molecule has 0 aromatic heterocycles. The maximum Gasteiger partial charge on any atom is 0.201 e. The predicted octanol–water partition coefficient (Wildman–Crippen LogP) is 0.647. The van der Waals surface area contributed by atoms with Gasteiger partial charge in [-0.3, -0.25) is 0 Å². The summed E-state index contributed by atoms with van der Waals surface area (Å²) in [6, 6.07) is 0. The van der Waals surface area contributed by atoms with Crippen LogP contribution in [-0.2, 0) is 0 Å². The minimum Gasteiger partial charge on any atom is -0.213 e.